The van der Waals surface area contributed by atoms with Gasteiger partial charge in [-0.3, -0.25) is 0 Å². The van der Waals surface area contributed by atoms with Crippen LogP contribution < -0.4 is 11.1 Å². The van der Waals surface area contributed by atoms with Gasteiger partial charge < -0.3 is 11.1 Å². The molecule has 0 aliphatic carbocycles. The SMILES string of the molecule is CCCCNCc1cc(N)ccc1Br. The van der Waals surface area contributed by atoms with Crippen molar-refractivity contribution in [1.29, 1.82) is 0 Å². The van der Waals surface area contributed by atoms with Crippen molar-refractivity contribution in [2.75, 3.05) is 12.3 Å². The first-order valence-corrected chi connectivity index (χ1v) is 5.78. The number of hydrogen-bond acceptors (Lipinski definition) is 2. The van der Waals surface area contributed by atoms with Crippen LogP contribution >= 0.6 is 15.9 Å². The molecule has 1 aromatic rings. The maximum Gasteiger partial charge on any atom is 0.0318 e. The van der Waals surface area contributed by atoms with Gasteiger partial charge in [-0.05, 0) is 36.7 Å². The Morgan fingerprint density at radius 2 is 2.21 bits per heavy atom. The quantitative estimate of drug-likeness (QED) is 0.628. The van der Waals surface area contributed by atoms with Gasteiger partial charge in [0.05, 0.1) is 0 Å². The van der Waals surface area contributed by atoms with Crippen LogP contribution in [0.4, 0.5) is 5.69 Å². The summed E-state index contributed by atoms with van der Waals surface area (Å²) in [5, 5.41) is 3.39. The summed E-state index contributed by atoms with van der Waals surface area (Å²) in [4.78, 5) is 0. The molecule has 0 bridgehead atoms. The molecule has 0 amide bonds. The molecule has 0 saturated heterocycles. The number of unbranched alkanes of at least 4 members (excludes halogenated alkanes) is 1. The molecule has 0 aliphatic heterocycles. The second-order valence-electron chi connectivity index (χ2n) is 3.38. The van der Waals surface area contributed by atoms with E-state index in [0.717, 1.165) is 23.2 Å². The molecule has 1 aromatic carbocycles. The molecule has 0 spiro atoms. The lowest BCUT2D eigenvalue weighted by atomic mass is 10.2. The van der Waals surface area contributed by atoms with E-state index < -0.39 is 0 Å². The summed E-state index contributed by atoms with van der Waals surface area (Å²) in [7, 11) is 0. The molecule has 0 atom stereocenters. The lowest BCUT2D eigenvalue weighted by Crippen LogP contribution is -2.14. The summed E-state index contributed by atoms with van der Waals surface area (Å²) >= 11 is 3.50. The molecular weight excluding hydrogens is 240 g/mol. The summed E-state index contributed by atoms with van der Waals surface area (Å²) in [5.41, 5.74) is 7.75. The van der Waals surface area contributed by atoms with Crippen molar-refractivity contribution in [2.24, 2.45) is 0 Å². The summed E-state index contributed by atoms with van der Waals surface area (Å²) in [5.74, 6) is 0. The van der Waals surface area contributed by atoms with Crippen molar-refractivity contribution >= 4 is 21.6 Å². The highest BCUT2D eigenvalue weighted by Crippen LogP contribution is 2.19. The predicted octanol–water partition coefficient (Wildman–Crippen LogP) is 2.92. The highest BCUT2D eigenvalue weighted by molar-refractivity contribution is 9.10. The van der Waals surface area contributed by atoms with E-state index in [9.17, 15) is 0 Å². The lowest BCUT2D eigenvalue weighted by Gasteiger charge is -2.07. The Morgan fingerprint density at radius 3 is 2.93 bits per heavy atom. The molecule has 0 aliphatic rings. The Kier molecular flexibility index (Phi) is 4.98. The van der Waals surface area contributed by atoms with E-state index in [1.54, 1.807) is 0 Å². The minimum absolute atomic E-state index is 0.820. The van der Waals surface area contributed by atoms with Crippen LogP contribution in [0.15, 0.2) is 22.7 Å². The number of anilines is 1. The Bertz CT molecular complexity index is 287. The monoisotopic (exact) mass is 256 g/mol. The zero-order chi connectivity index (χ0) is 10.4. The van der Waals surface area contributed by atoms with Crippen molar-refractivity contribution < 1.29 is 0 Å². The van der Waals surface area contributed by atoms with E-state index in [1.807, 2.05) is 18.2 Å². The molecule has 14 heavy (non-hydrogen) atoms. The largest absolute Gasteiger partial charge is 0.399 e. The molecule has 0 heterocycles. The Morgan fingerprint density at radius 1 is 1.43 bits per heavy atom. The molecule has 78 valence electrons. The van der Waals surface area contributed by atoms with Gasteiger partial charge in [-0.1, -0.05) is 29.3 Å². The van der Waals surface area contributed by atoms with E-state index in [1.165, 1.54) is 18.4 Å². The third kappa shape index (κ3) is 3.68. The van der Waals surface area contributed by atoms with Crippen molar-refractivity contribution in [3.05, 3.63) is 28.2 Å². The fraction of sp³-hybridized carbons (Fsp3) is 0.455. The van der Waals surface area contributed by atoms with Gasteiger partial charge >= 0.3 is 0 Å². The molecule has 0 radical (unpaired) electrons. The molecule has 3 N–H and O–H groups in total. The van der Waals surface area contributed by atoms with Gasteiger partial charge in [-0.25, -0.2) is 0 Å². The predicted molar refractivity (Wildman–Crippen MR) is 65.2 cm³/mol. The van der Waals surface area contributed by atoms with Gasteiger partial charge in [0.25, 0.3) is 0 Å². The Labute approximate surface area is 94.0 Å². The Balaban J connectivity index is 2.45. The van der Waals surface area contributed by atoms with Crippen LogP contribution in [0, 0.1) is 0 Å². The number of nitrogens with two attached hydrogens (primary N) is 1. The summed E-state index contributed by atoms with van der Waals surface area (Å²) < 4.78 is 1.12. The third-order valence-electron chi connectivity index (χ3n) is 2.09. The molecule has 0 aromatic heterocycles. The first-order valence-electron chi connectivity index (χ1n) is 4.98. The van der Waals surface area contributed by atoms with Crippen LogP contribution in [-0.2, 0) is 6.54 Å². The van der Waals surface area contributed by atoms with E-state index in [2.05, 4.69) is 28.2 Å². The van der Waals surface area contributed by atoms with Gasteiger partial charge in [0.1, 0.15) is 0 Å². The van der Waals surface area contributed by atoms with Crippen molar-refractivity contribution in [3.8, 4) is 0 Å². The van der Waals surface area contributed by atoms with Crippen LogP contribution in [0.5, 0.6) is 0 Å². The summed E-state index contributed by atoms with van der Waals surface area (Å²) in [6, 6.07) is 5.90. The first-order chi connectivity index (χ1) is 6.74. The molecule has 3 heteroatoms. The van der Waals surface area contributed by atoms with Crippen molar-refractivity contribution in [1.82, 2.24) is 5.32 Å². The van der Waals surface area contributed by atoms with Gasteiger partial charge in [0.15, 0.2) is 0 Å². The third-order valence-corrected chi connectivity index (χ3v) is 2.87. The zero-order valence-electron chi connectivity index (χ0n) is 8.52. The number of hydrogen-bond donors (Lipinski definition) is 2. The molecule has 1 rings (SSSR count). The first kappa shape index (κ1) is 11.5. The Hall–Kier alpha value is -0.540. The molecule has 0 saturated carbocycles. The molecular formula is C11H17BrN2. The van der Waals surface area contributed by atoms with Crippen LogP contribution in [0.3, 0.4) is 0 Å². The fourth-order valence-corrected chi connectivity index (χ4v) is 1.64. The van der Waals surface area contributed by atoms with Crippen LogP contribution in [0.1, 0.15) is 25.3 Å². The van der Waals surface area contributed by atoms with E-state index >= 15 is 0 Å². The number of benzene rings is 1. The second-order valence-corrected chi connectivity index (χ2v) is 4.24. The maximum absolute atomic E-state index is 5.71. The molecule has 0 fully saturated rings. The zero-order valence-corrected chi connectivity index (χ0v) is 10.1. The summed E-state index contributed by atoms with van der Waals surface area (Å²) in [6.07, 6.45) is 2.45. The minimum atomic E-state index is 0.820. The number of nitrogens with one attached hydrogen (secondary N) is 1. The maximum atomic E-state index is 5.71. The second kappa shape index (κ2) is 6.04. The highest BCUT2D eigenvalue weighted by atomic mass is 79.9. The van der Waals surface area contributed by atoms with Crippen molar-refractivity contribution in [2.45, 2.75) is 26.3 Å². The number of nitrogen functional groups attached to an aromatic ring is 1. The molecule has 2 nitrogen and oxygen atoms in total. The fourth-order valence-electron chi connectivity index (χ4n) is 1.25. The lowest BCUT2D eigenvalue weighted by molar-refractivity contribution is 0.640. The van der Waals surface area contributed by atoms with Gasteiger partial charge in [-0.2, -0.15) is 0 Å². The smallest absolute Gasteiger partial charge is 0.0318 e. The van der Waals surface area contributed by atoms with E-state index in [0.29, 0.717) is 0 Å². The van der Waals surface area contributed by atoms with Gasteiger partial charge in [-0.15, -0.1) is 0 Å². The van der Waals surface area contributed by atoms with E-state index in [4.69, 9.17) is 5.73 Å². The number of halogens is 1. The van der Waals surface area contributed by atoms with Crippen LogP contribution in [0.25, 0.3) is 0 Å². The average Bonchev–Trinajstić information content (AvgIpc) is 2.18. The minimum Gasteiger partial charge on any atom is -0.399 e. The van der Waals surface area contributed by atoms with Crippen molar-refractivity contribution in [3.63, 3.8) is 0 Å². The summed E-state index contributed by atoms with van der Waals surface area (Å²) in [6.45, 7) is 4.14. The van der Waals surface area contributed by atoms with Crippen LogP contribution in [-0.4, -0.2) is 6.54 Å². The van der Waals surface area contributed by atoms with E-state index in [-0.39, 0.29) is 0 Å². The van der Waals surface area contributed by atoms with Gasteiger partial charge in [0.2, 0.25) is 0 Å². The highest BCUT2D eigenvalue weighted by Gasteiger charge is 1.99. The molecule has 0 unspecified atom stereocenters. The normalized spacial score (nSPS) is 10.4. The number of rotatable bonds is 5. The van der Waals surface area contributed by atoms with Crippen LogP contribution in [0.2, 0.25) is 0 Å². The standard InChI is InChI=1S/C11H17BrN2/c1-2-3-6-14-8-9-7-10(13)4-5-11(9)12/h4-5,7,14H,2-3,6,8,13H2,1H3. The van der Waals surface area contributed by atoms with Gasteiger partial charge in [0, 0.05) is 16.7 Å². The average molecular weight is 257 g/mol. The topological polar surface area (TPSA) is 38.0 Å².